The Kier molecular flexibility index (Phi) is 5.57. The number of carbonyl (C=O) groups excluding carboxylic acids is 1. The molecule has 0 aliphatic carbocycles. The van der Waals surface area contributed by atoms with Crippen LogP contribution in [0.25, 0.3) is 0 Å². The van der Waals surface area contributed by atoms with Crippen molar-refractivity contribution in [3.8, 4) is 0 Å². The average Bonchev–Trinajstić information content (AvgIpc) is 2.99. The number of benzene rings is 1. The summed E-state index contributed by atoms with van der Waals surface area (Å²) in [4.78, 5) is 12.4. The summed E-state index contributed by atoms with van der Waals surface area (Å²) in [6.07, 6.45) is 2.97. The van der Waals surface area contributed by atoms with Crippen molar-refractivity contribution in [3.05, 3.63) is 57.3 Å². The molecule has 0 saturated carbocycles. The lowest BCUT2D eigenvalue weighted by Gasteiger charge is -2.18. The minimum absolute atomic E-state index is 0.0494. The van der Waals surface area contributed by atoms with Gasteiger partial charge in [0, 0.05) is 11.6 Å². The lowest BCUT2D eigenvalue weighted by atomic mass is 10.0. The fraction of sp³-hybridized carbons (Fsp3) is 0.389. The second kappa shape index (κ2) is 7.41. The molecule has 1 N–H and O–H groups in total. The van der Waals surface area contributed by atoms with E-state index in [0.717, 1.165) is 36.0 Å². The molecule has 1 aromatic carbocycles. The van der Waals surface area contributed by atoms with Crippen molar-refractivity contribution < 1.29 is 4.79 Å². The Morgan fingerprint density at radius 2 is 2.10 bits per heavy atom. The Morgan fingerprint density at radius 3 is 2.76 bits per heavy atom. The first kappa shape index (κ1) is 15.8. The van der Waals surface area contributed by atoms with Gasteiger partial charge in [-0.05, 0) is 72.7 Å². The molecule has 2 nitrogen and oxygen atoms in total. The fourth-order valence-corrected chi connectivity index (χ4v) is 3.12. The normalized spacial score (nSPS) is 12.1. The van der Waals surface area contributed by atoms with Gasteiger partial charge in [0.2, 0.25) is 0 Å². The summed E-state index contributed by atoms with van der Waals surface area (Å²) in [7, 11) is 0. The number of amides is 1. The van der Waals surface area contributed by atoms with Crippen LogP contribution in [-0.4, -0.2) is 11.9 Å². The molecule has 21 heavy (non-hydrogen) atoms. The molecule has 1 unspecified atom stereocenters. The van der Waals surface area contributed by atoms with E-state index in [1.165, 1.54) is 5.56 Å². The van der Waals surface area contributed by atoms with Crippen molar-refractivity contribution >= 4 is 17.2 Å². The van der Waals surface area contributed by atoms with E-state index in [1.54, 1.807) is 11.3 Å². The second-order valence-corrected chi connectivity index (χ2v) is 6.28. The highest BCUT2D eigenvalue weighted by atomic mass is 32.1. The summed E-state index contributed by atoms with van der Waals surface area (Å²) >= 11 is 1.73. The van der Waals surface area contributed by atoms with Crippen molar-refractivity contribution in [2.45, 2.75) is 46.1 Å². The number of aryl methyl sites for hydroxylation is 2. The van der Waals surface area contributed by atoms with E-state index in [1.807, 2.05) is 32.0 Å². The molecule has 1 amide bonds. The zero-order chi connectivity index (χ0) is 15.2. The number of rotatable bonds is 6. The molecule has 0 spiro atoms. The quantitative estimate of drug-likeness (QED) is 0.836. The summed E-state index contributed by atoms with van der Waals surface area (Å²) in [5.41, 5.74) is 4.39. The number of nitrogens with one attached hydrogen (secondary N) is 1. The molecule has 1 aromatic heterocycles. The van der Waals surface area contributed by atoms with Crippen LogP contribution >= 0.6 is 11.3 Å². The maximum absolute atomic E-state index is 12.4. The molecule has 0 radical (unpaired) electrons. The highest BCUT2D eigenvalue weighted by molar-refractivity contribution is 7.07. The highest BCUT2D eigenvalue weighted by Gasteiger charge is 2.14. The molecule has 2 rings (SSSR count). The summed E-state index contributed by atoms with van der Waals surface area (Å²) in [5.74, 6) is 0.0494. The summed E-state index contributed by atoms with van der Waals surface area (Å²) in [6.45, 7) is 6.18. The Hall–Kier alpha value is -1.61. The molecule has 1 atom stereocenters. The van der Waals surface area contributed by atoms with Crippen LogP contribution in [-0.2, 0) is 6.42 Å². The van der Waals surface area contributed by atoms with Gasteiger partial charge in [0.15, 0.2) is 0 Å². The van der Waals surface area contributed by atoms with Gasteiger partial charge in [0.25, 0.3) is 5.91 Å². The predicted octanol–water partition coefficient (Wildman–Crippen LogP) is 4.51. The first-order valence-electron chi connectivity index (χ1n) is 7.50. The Morgan fingerprint density at radius 1 is 1.29 bits per heavy atom. The third-order valence-electron chi connectivity index (χ3n) is 4.04. The minimum atomic E-state index is 0.0494. The van der Waals surface area contributed by atoms with Crippen LogP contribution in [0.15, 0.2) is 35.0 Å². The van der Waals surface area contributed by atoms with Gasteiger partial charge in [-0.15, -0.1) is 0 Å². The lowest BCUT2D eigenvalue weighted by molar-refractivity contribution is 0.0933. The average molecular weight is 301 g/mol. The van der Waals surface area contributed by atoms with Gasteiger partial charge < -0.3 is 5.32 Å². The van der Waals surface area contributed by atoms with E-state index < -0.39 is 0 Å². The first-order chi connectivity index (χ1) is 10.1. The fourth-order valence-electron chi connectivity index (χ4n) is 2.41. The van der Waals surface area contributed by atoms with E-state index in [4.69, 9.17) is 0 Å². The number of thiophene rings is 1. The Bertz CT molecular complexity index is 589. The summed E-state index contributed by atoms with van der Waals surface area (Å²) in [6, 6.07) is 8.29. The Balaban J connectivity index is 1.97. The number of carbonyl (C=O) groups is 1. The molecule has 0 bridgehead atoms. The van der Waals surface area contributed by atoms with Gasteiger partial charge in [-0.3, -0.25) is 4.79 Å². The third-order valence-corrected chi connectivity index (χ3v) is 4.77. The maximum Gasteiger partial charge on any atom is 0.251 e. The molecule has 0 aliphatic rings. The SMILES string of the molecule is CCC(CCc1ccsc1)NC(=O)c1cccc(C)c1C. The largest absolute Gasteiger partial charge is 0.349 e. The zero-order valence-electron chi connectivity index (χ0n) is 13.0. The van der Waals surface area contributed by atoms with Crippen LogP contribution in [0.4, 0.5) is 0 Å². The minimum Gasteiger partial charge on any atom is -0.349 e. The molecule has 0 aliphatic heterocycles. The van der Waals surface area contributed by atoms with Crippen molar-refractivity contribution in [1.82, 2.24) is 5.32 Å². The van der Waals surface area contributed by atoms with Crippen molar-refractivity contribution in [1.29, 1.82) is 0 Å². The van der Waals surface area contributed by atoms with E-state index in [2.05, 4.69) is 29.1 Å². The smallest absolute Gasteiger partial charge is 0.251 e. The molecule has 3 heteroatoms. The van der Waals surface area contributed by atoms with E-state index >= 15 is 0 Å². The second-order valence-electron chi connectivity index (χ2n) is 5.50. The van der Waals surface area contributed by atoms with E-state index in [-0.39, 0.29) is 11.9 Å². The molecule has 2 aromatic rings. The summed E-state index contributed by atoms with van der Waals surface area (Å²) < 4.78 is 0. The Labute approximate surface area is 131 Å². The van der Waals surface area contributed by atoms with Gasteiger partial charge in [-0.1, -0.05) is 19.1 Å². The van der Waals surface area contributed by atoms with Crippen LogP contribution < -0.4 is 5.32 Å². The molecular weight excluding hydrogens is 278 g/mol. The van der Waals surface area contributed by atoms with Crippen LogP contribution in [0.1, 0.15) is 46.8 Å². The predicted molar refractivity (Wildman–Crippen MR) is 90.1 cm³/mol. The van der Waals surface area contributed by atoms with Gasteiger partial charge in [0.05, 0.1) is 0 Å². The molecule has 112 valence electrons. The van der Waals surface area contributed by atoms with Gasteiger partial charge >= 0.3 is 0 Å². The van der Waals surface area contributed by atoms with Crippen LogP contribution in [0.5, 0.6) is 0 Å². The zero-order valence-corrected chi connectivity index (χ0v) is 13.8. The highest BCUT2D eigenvalue weighted by Crippen LogP contribution is 2.15. The van der Waals surface area contributed by atoms with Crippen LogP contribution in [0.3, 0.4) is 0 Å². The number of hydrogen-bond acceptors (Lipinski definition) is 2. The molecule has 0 saturated heterocycles. The van der Waals surface area contributed by atoms with Gasteiger partial charge in [0.1, 0.15) is 0 Å². The molecule has 1 heterocycles. The first-order valence-corrected chi connectivity index (χ1v) is 8.44. The van der Waals surface area contributed by atoms with Crippen LogP contribution in [0.2, 0.25) is 0 Å². The van der Waals surface area contributed by atoms with Crippen molar-refractivity contribution in [2.24, 2.45) is 0 Å². The van der Waals surface area contributed by atoms with Crippen LogP contribution in [0, 0.1) is 13.8 Å². The lowest BCUT2D eigenvalue weighted by Crippen LogP contribution is -2.35. The van der Waals surface area contributed by atoms with E-state index in [9.17, 15) is 4.79 Å². The monoisotopic (exact) mass is 301 g/mol. The third kappa shape index (κ3) is 4.18. The van der Waals surface area contributed by atoms with E-state index in [0.29, 0.717) is 0 Å². The summed E-state index contributed by atoms with van der Waals surface area (Å²) in [5, 5.41) is 7.46. The van der Waals surface area contributed by atoms with Gasteiger partial charge in [-0.25, -0.2) is 0 Å². The standard InChI is InChI=1S/C18H23NOS/c1-4-16(9-8-15-10-11-21-12-15)19-18(20)17-7-5-6-13(2)14(17)3/h5-7,10-12,16H,4,8-9H2,1-3H3,(H,19,20). The van der Waals surface area contributed by atoms with Crippen molar-refractivity contribution in [3.63, 3.8) is 0 Å². The molecular formula is C18H23NOS. The number of hydrogen-bond donors (Lipinski definition) is 1. The van der Waals surface area contributed by atoms with Gasteiger partial charge in [-0.2, -0.15) is 11.3 Å². The maximum atomic E-state index is 12.4. The molecule has 0 fully saturated rings. The van der Waals surface area contributed by atoms with Crippen molar-refractivity contribution in [2.75, 3.05) is 0 Å². The topological polar surface area (TPSA) is 29.1 Å².